The Morgan fingerprint density at radius 3 is 2.44 bits per heavy atom. The minimum absolute atomic E-state index is 0.0386. The standard InChI is InChI=1S/C12H17ClFNO2S/c1-8(2)12(15-3)7-18(16,17)9-4-5-11(14)10(13)6-9/h4-6,8,12,15H,7H2,1-3H3. The lowest BCUT2D eigenvalue weighted by Gasteiger charge is -2.20. The lowest BCUT2D eigenvalue weighted by molar-refractivity contribution is 0.455. The average molecular weight is 294 g/mol. The first-order valence-electron chi connectivity index (χ1n) is 5.63. The summed E-state index contributed by atoms with van der Waals surface area (Å²) in [7, 11) is -1.75. The third-order valence-electron chi connectivity index (χ3n) is 2.82. The van der Waals surface area contributed by atoms with Crippen LogP contribution in [0.1, 0.15) is 13.8 Å². The van der Waals surface area contributed by atoms with Gasteiger partial charge in [-0.1, -0.05) is 25.4 Å². The van der Waals surface area contributed by atoms with Crippen LogP contribution >= 0.6 is 11.6 Å². The first-order chi connectivity index (χ1) is 8.27. The molecule has 0 fully saturated rings. The molecule has 0 saturated carbocycles. The molecule has 1 unspecified atom stereocenters. The van der Waals surface area contributed by atoms with Crippen LogP contribution in [0.25, 0.3) is 0 Å². The SMILES string of the molecule is CNC(CS(=O)(=O)c1ccc(F)c(Cl)c1)C(C)C. The summed E-state index contributed by atoms with van der Waals surface area (Å²) in [6, 6.07) is 3.31. The van der Waals surface area contributed by atoms with Gasteiger partial charge in [0.2, 0.25) is 0 Å². The van der Waals surface area contributed by atoms with Gasteiger partial charge in [-0.2, -0.15) is 0 Å². The normalized spacial score (nSPS) is 13.9. The zero-order valence-electron chi connectivity index (χ0n) is 10.6. The number of halogens is 2. The van der Waals surface area contributed by atoms with E-state index in [-0.39, 0.29) is 27.6 Å². The highest BCUT2D eigenvalue weighted by atomic mass is 35.5. The number of sulfone groups is 1. The quantitative estimate of drug-likeness (QED) is 0.849. The first-order valence-corrected chi connectivity index (χ1v) is 7.66. The van der Waals surface area contributed by atoms with Crippen molar-refractivity contribution in [3.8, 4) is 0 Å². The first kappa shape index (κ1) is 15.4. The summed E-state index contributed by atoms with van der Waals surface area (Å²) in [6.45, 7) is 3.88. The van der Waals surface area contributed by atoms with Gasteiger partial charge in [0.05, 0.1) is 15.7 Å². The molecule has 0 bridgehead atoms. The molecule has 1 N–H and O–H groups in total. The predicted molar refractivity (Wildman–Crippen MR) is 71.1 cm³/mol. The second-order valence-electron chi connectivity index (χ2n) is 4.50. The maximum atomic E-state index is 13.0. The van der Waals surface area contributed by atoms with Crippen molar-refractivity contribution < 1.29 is 12.8 Å². The van der Waals surface area contributed by atoms with Gasteiger partial charge in [-0.05, 0) is 31.2 Å². The van der Waals surface area contributed by atoms with E-state index < -0.39 is 15.7 Å². The maximum absolute atomic E-state index is 13.0. The minimum Gasteiger partial charge on any atom is -0.316 e. The lowest BCUT2D eigenvalue weighted by atomic mass is 10.1. The minimum atomic E-state index is -3.47. The van der Waals surface area contributed by atoms with Gasteiger partial charge in [-0.3, -0.25) is 0 Å². The van der Waals surface area contributed by atoms with E-state index >= 15 is 0 Å². The molecule has 1 atom stereocenters. The molecular weight excluding hydrogens is 277 g/mol. The van der Waals surface area contributed by atoms with Crippen LogP contribution in [0.15, 0.2) is 23.1 Å². The van der Waals surface area contributed by atoms with Crippen LogP contribution in [-0.4, -0.2) is 27.3 Å². The predicted octanol–water partition coefficient (Wildman–Crippen LogP) is 2.50. The molecule has 6 heteroatoms. The summed E-state index contributed by atoms with van der Waals surface area (Å²) in [5, 5.41) is 2.79. The third kappa shape index (κ3) is 3.67. The highest BCUT2D eigenvalue weighted by Crippen LogP contribution is 2.21. The van der Waals surface area contributed by atoms with E-state index in [2.05, 4.69) is 5.32 Å². The molecular formula is C12H17ClFNO2S. The van der Waals surface area contributed by atoms with Crippen molar-refractivity contribution >= 4 is 21.4 Å². The average Bonchev–Trinajstić information content (AvgIpc) is 2.29. The molecule has 1 aromatic carbocycles. The van der Waals surface area contributed by atoms with Crippen molar-refractivity contribution in [1.29, 1.82) is 0 Å². The fourth-order valence-electron chi connectivity index (χ4n) is 1.61. The van der Waals surface area contributed by atoms with Gasteiger partial charge in [-0.25, -0.2) is 12.8 Å². The topological polar surface area (TPSA) is 46.2 Å². The Kier molecular flexibility index (Phi) is 5.13. The number of benzene rings is 1. The van der Waals surface area contributed by atoms with Crippen molar-refractivity contribution in [3.05, 3.63) is 29.0 Å². The van der Waals surface area contributed by atoms with E-state index in [1.54, 1.807) is 7.05 Å². The van der Waals surface area contributed by atoms with Crippen molar-refractivity contribution in [3.63, 3.8) is 0 Å². The molecule has 0 amide bonds. The number of hydrogen-bond donors (Lipinski definition) is 1. The summed E-state index contributed by atoms with van der Waals surface area (Å²) in [5.74, 6) is -0.478. The van der Waals surface area contributed by atoms with Crippen molar-refractivity contribution in [2.24, 2.45) is 5.92 Å². The molecule has 1 rings (SSSR count). The summed E-state index contributed by atoms with van der Waals surface area (Å²) in [5.41, 5.74) is 0. The van der Waals surface area contributed by atoms with Crippen LogP contribution in [0.3, 0.4) is 0 Å². The van der Waals surface area contributed by atoms with E-state index in [0.29, 0.717) is 0 Å². The second-order valence-corrected chi connectivity index (χ2v) is 6.94. The highest BCUT2D eigenvalue weighted by molar-refractivity contribution is 7.91. The van der Waals surface area contributed by atoms with E-state index in [1.165, 1.54) is 6.07 Å². The Bertz CT molecular complexity index is 517. The van der Waals surface area contributed by atoms with Crippen LogP contribution in [0.2, 0.25) is 5.02 Å². The van der Waals surface area contributed by atoms with Crippen molar-refractivity contribution in [2.45, 2.75) is 24.8 Å². The van der Waals surface area contributed by atoms with E-state index in [1.807, 2.05) is 13.8 Å². The molecule has 102 valence electrons. The molecule has 0 aliphatic rings. The molecule has 0 aliphatic heterocycles. The van der Waals surface area contributed by atoms with E-state index in [9.17, 15) is 12.8 Å². The van der Waals surface area contributed by atoms with Gasteiger partial charge in [0, 0.05) is 6.04 Å². The van der Waals surface area contributed by atoms with Gasteiger partial charge in [-0.15, -0.1) is 0 Å². The van der Waals surface area contributed by atoms with Crippen LogP contribution in [0.5, 0.6) is 0 Å². The van der Waals surface area contributed by atoms with Crippen LogP contribution in [0.4, 0.5) is 4.39 Å². The van der Waals surface area contributed by atoms with Crippen LogP contribution in [-0.2, 0) is 9.84 Å². The number of nitrogens with one attached hydrogen (secondary N) is 1. The van der Waals surface area contributed by atoms with Gasteiger partial charge >= 0.3 is 0 Å². The molecule has 18 heavy (non-hydrogen) atoms. The van der Waals surface area contributed by atoms with Gasteiger partial charge < -0.3 is 5.32 Å². The summed E-state index contributed by atoms with van der Waals surface area (Å²) in [6.07, 6.45) is 0. The monoisotopic (exact) mass is 293 g/mol. The van der Waals surface area contributed by atoms with Crippen LogP contribution in [0, 0.1) is 11.7 Å². The molecule has 1 aromatic rings. The summed E-state index contributed by atoms with van der Waals surface area (Å²) >= 11 is 5.60. The molecule has 0 saturated heterocycles. The maximum Gasteiger partial charge on any atom is 0.179 e. The van der Waals surface area contributed by atoms with E-state index in [0.717, 1.165) is 12.1 Å². The Hall–Kier alpha value is -0.650. The largest absolute Gasteiger partial charge is 0.316 e. The van der Waals surface area contributed by atoms with Crippen molar-refractivity contribution in [2.75, 3.05) is 12.8 Å². The van der Waals surface area contributed by atoms with Crippen LogP contribution < -0.4 is 5.32 Å². The zero-order valence-corrected chi connectivity index (χ0v) is 12.1. The molecule has 0 heterocycles. The number of hydrogen-bond acceptors (Lipinski definition) is 3. The molecule has 0 radical (unpaired) electrons. The van der Waals surface area contributed by atoms with Gasteiger partial charge in [0.25, 0.3) is 0 Å². The van der Waals surface area contributed by atoms with Gasteiger partial charge in [0.15, 0.2) is 9.84 Å². The molecule has 0 aliphatic carbocycles. The summed E-state index contributed by atoms with van der Waals surface area (Å²) in [4.78, 5) is 0.0507. The van der Waals surface area contributed by atoms with Gasteiger partial charge in [0.1, 0.15) is 5.82 Å². The fraction of sp³-hybridized carbons (Fsp3) is 0.500. The summed E-state index contributed by atoms with van der Waals surface area (Å²) < 4.78 is 37.3. The zero-order chi connectivity index (χ0) is 13.9. The third-order valence-corrected chi connectivity index (χ3v) is 4.88. The Morgan fingerprint density at radius 1 is 1.39 bits per heavy atom. The Labute approximate surface area is 112 Å². The Balaban J connectivity index is 3.02. The smallest absolute Gasteiger partial charge is 0.179 e. The molecule has 0 spiro atoms. The Morgan fingerprint density at radius 2 is 2.00 bits per heavy atom. The van der Waals surface area contributed by atoms with E-state index in [4.69, 9.17) is 11.6 Å². The highest BCUT2D eigenvalue weighted by Gasteiger charge is 2.23. The molecule has 0 aromatic heterocycles. The molecule has 3 nitrogen and oxygen atoms in total. The van der Waals surface area contributed by atoms with Crippen molar-refractivity contribution in [1.82, 2.24) is 5.32 Å². The number of rotatable bonds is 5. The fourth-order valence-corrected chi connectivity index (χ4v) is 3.65. The lowest BCUT2D eigenvalue weighted by Crippen LogP contribution is -2.37. The second kappa shape index (κ2) is 5.99.